The van der Waals surface area contributed by atoms with Crippen LogP contribution in [0.3, 0.4) is 0 Å². The molecule has 20 heavy (non-hydrogen) atoms. The van der Waals surface area contributed by atoms with Crippen LogP contribution in [0.1, 0.15) is 24.5 Å². The summed E-state index contributed by atoms with van der Waals surface area (Å²) in [5.41, 5.74) is 3.25. The van der Waals surface area contributed by atoms with Crippen molar-refractivity contribution < 1.29 is 9.84 Å². The molecule has 0 aliphatic carbocycles. The Morgan fingerprint density at radius 1 is 1.45 bits per heavy atom. The first-order valence-corrected chi connectivity index (χ1v) is 7.28. The summed E-state index contributed by atoms with van der Waals surface area (Å²) in [7, 11) is 1.71. The van der Waals surface area contributed by atoms with Gasteiger partial charge < -0.3 is 20.1 Å². The van der Waals surface area contributed by atoms with Gasteiger partial charge in [-0.3, -0.25) is 0 Å². The second-order valence-corrected chi connectivity index (χ2v) is 5.96. The van der Waals surface area contributed by atoms with Crippen molar-refractivity contribution in [2.45, 2.75) is 32.4 Å². The van der Waals surface area contributed by atoms with Crippen molar-refractivity contribution in [1.82, 2.24) is 5.32 Å². The summed E-state index contributed by atoms with van der Waals surface area (Å²) >= 11 is 0. The Hall–Kier alpha value is -1.10. The van der Waals surface area contributed by atoms with E-state index < -0.39 is 5.60 Å². The van der Waals surface area contributed by atoms with Gasteiger partial charge >= 0.3 is 0 Å². The highest BCUT2D eigenvalue weighted by Gasteiger charge is 2.31. The van der Waals surface area contributed by atoms with E-state index in [4.69, 9.17) is 4.74 Å². The van der Waals surface area contributed by atoms with Crippen LogP contribution in [0, 0.1) is 6.92 Å². The number of hydrogen-bond acceptors (Lipinski definition) is 4. The van der Waals surface area contributed by atoms with Crippen LogP contribution in [0.5, 0.6) is 0 Å². The van der Waals surface area contributed by atoms with Gasteiger partial charge in [0.15, 0.2) is 0 Å². The minimum Gasteiger partial charge on any atom is -0.388 e. The molecule has 0 bridgehead atoms. The number of hydrogen-bond donors (Lipinski definition) is 2. The standard InChI is InChI=1S/C16H26N2O2/c1-13-10-14(11-17-7-9-20-3)4-5-15(13)18-8-6-16(2,19)12-18/h4-5,10,17,19H,6-9,11-12H2,1-3H3. The number of ether oxygens (including phenoxy) is 1. The zero-order chi connectivity index (χ0) is 14.6. The van der Waals surface area contributed by atoms with Gasteiger partial charge in [-0.1, -0.05) is 12.1 Å². The van der Waals surface area contributed by atoms with Gasteiger partial charge in [0.25, 0.3) is 0 Å². The van der Waals surface area contributed by atoms with Crippen LogP contribution in [0.15, 0.2) is 18.2 Å². The summed E-state index contributed by atoms with van der Waals surface area (Å²) < 4.78 is 5.02. The Morgan fingerprint density at radius 2 is 2.25 bits per heavy atom. The molecule has 0 saturated carbocycles. The lowest BCUT2D eigenvalue weighted by Gasteiger charge is -2.23. The summed E-state index contributed by atoms with van der Waals surface area (Å²) in [4.78, 5) is 2.28. The number of nitrogens with one attached hydrogen (secondary N) is 1. The van der Waals surface area contributed by atoms with Crippen molar-refractivity contribution in [2.75, 3.05) is 38.3 Å². The Kier molecular flexibility index (Phi) is 5.02. The molecule has 0 spiro atoms. The van der Waals surface area contributed by atoms with Gasteiger partial charge in [0.05, 0.1) is 12.2 Å². The van der Waals surface area contributed by atoms with Crippen LogP contribution in [-0.4, -0.2) is 44.1 Å². The van der Waals surface area contributed by atoms with Crippen LogP contribution in [0.25, 0.3) is 0 Å². The molecule has 112 valence electrons. The molecule has 0 amide bonds. The number of aliphatic hydroxyl groups is 1. The minimum absolute atomic E-state index is 0.549. The number of nitrogens with zero attached hydrogens (tertiary/aromatic N) is 1. The Bertz CT molecular complexity index is 446. The normalized spacial score (nSPS) is 22.5. The molecule has 4 heteroatoms. The number of aryl methyl sites for hydroxylation is 1. The maximum Gasteiger partial charge on any atom is 0.0810 e. The van der Waals surface area contributed by atoms with Crippen molar-refractivity contribution >= 4 is 5.69 Å². The molecule has 1 saturated heterocycles. The monoisotopic (exact) mass is 278 g/mol. The lowest BCUT2D eigenvalue weighted by Crippen LogP contribution is -2.29. The molecule has 0 aromatic heterocycles. The summed E-state index contributed by atoms with van der Waals surface area (Å²) in [6, 6.07) is 6.56. The molecule has 1 aromatic carbocycles. The third-order valence-corrected chi connectivity index (χ3v) is 3.87. The van der Waals surface area contributed by atoms with Crippen LogP contribution in [-0.2, 0) is 11.3 Å². The van der Waals surface area contributed by atoms with Gasteiger partial charge in [-0.15, -0.1) is 0 Å². The SMILES string of the molecule is COCCNCc1ccc(N2CCC(C)(O)C2)c(C)c1. The number of β-amino-alcohol motifs (C(OH)–C–C–N with tert-alkyl or cyclic N) is 1. The van der Waals surface area contributed by atoms with Crippen molar-refractivity contribution in [1.29, 1.82) is 0 Å². The average Bonchev–Trinajstić information content (AvgIpc) is 2.75. The zero-order valence-electron chi connectivity index (χ0n) is 12.8. The number of methoxy groups -OCH3 is 1. The minimum atomic E-state index is -0.549. The lowest BCUT2D eigenvalue weighted by molar-refractivity contribution is 0.0839. The average molecular weight is 278 g/mol. The largest absolute Gasteiger partial charge is 0.388 e. The summed E-state index contributed by atoms with van der Waals surface area (Å²) in [5.74, 6) is 0. The Balaban J connectivity index is 1.96. The van der Waals surface area contributed by atoms with E-state index in [1.807, 2.05) is 6.92 Å². The fraction of sp³-hybridized carbons (Fsp3) is 0.625. The maximum atomic E-state index is 10.1. The van der Waals surface area contributed by atoms with Crippen molar-refractivity contribution in [2.24, 2.45) is 0 Å². The quantitative estimate of drug-likeness (QED) is 0.777. The van der Waals surface area contributed by atoms with Crippen molar-refractivity contribution in [3.05, 3.63) is 29.3 Å². The smallest absolute Gasteiger partial charge is 0.0810 e. The number of rotatable bonds is 6. The maximum absolute atomic E-state index is 10.1. The van der Waals surface area contributed by atoms with E-state index in [1.165, 1.54) is 16.8 Å². The third-order valence-electron chi connectivity index (χ3n) is 3.87. The van der Waals surface area contributed by atoms with Crippen LogP contribution < -0.4 is 10.2 Å². The molecule has 0 radical (unpaired) electrons. The zero-order valence-corrected chi connectivity index (χ0v) is 12.8. The van der Waals surface area contributed by atoms with Gasteiger partial charge in [0.1, 0.15) is 0 Å². The molecule has 1 fully saturated rings. The fourth-order valence-corrected chi connectivity index (χ4v) is 2.74. The second kappa shape index (κ2) is 6.57. The molecule has 1 unspecified atom stereocenters. The highest BCUT2D eigenvalue weighted by atomic mass is 16.5. The first-order chi connectivity index (χ1) is 9.52. The fourth-order valence-electron chi connectivity index (χ4n) is 2.74. The van der Waals surface area contributed by atoms with E-state index in [2.05, 4.69) is 35.3 Å². The van der Waals surface area contributed by atoms with Gasteiger partial charge in [0, 0.05) is 39.0 Å². The molecule has 4 nitrogen and oxygen atoms in total. The second-order valence-electron chi connectivity index (χ2n) is 5.96. The Labute approximate surface area is 121 Å². The molecule has 1 aliphatic heterocycles. The summed E-state index contributed by atoms with van der Waals surface area (Å²) in [6.45, 7) is 8.17. The van der Waals surface area contributed by atoms with Crippen molar-refractivity contribution in [3.8, 4) is 0 Å². The Morgan fingerprint density at radius 3 is 2.85 bits per heavy atom. The van der Waals surface area contributed by atoms with E-state index in [0.717, 1.165) is 39.2 Å². The molecule has 1 atom stereocenters. The third kappa shape index (κ3) is 3.95. The van der Waals surface area contributed by atoms with Gasteiger partial charge in [-0.05, 0) is 37.5 Å². The van der Waals surface area contributed by atoms with Gasteiger partial charge in [0.2, 0.25) is 0 Å². The predicted octanol–water partition coefficient (Wildman–Crippen LogP) is 1.69. The van der Waals surface area contributed by atoms with E-state index in [1.54, 1.807) is 7.11 Å². The molecule has 1 aliphatic rings. The molecular weight excluding hydrogens is 252 g/mol. The molecule has 1 aromatic rings. The van der Waals surface area contributed by atoms with E-state index >= 15 is 0 Å². The first kappa shape index (κ1) is 15.3. The van der Waals surface area contributed by atoms with Crippen molar-refractivity contribution in [3.63, 3.8) is 0 Å². The molecular formula is C16H26N2O2. The topological polar surface area (TPSA) is 44.7 Å². The van der Waals surface area contributed by atoms with Crippen LogP contribution >= 0.6 is 0 Å². The summed E-state index contributed by atoms with van der Waals surface area (Å²) in [5, 5.41) is 13.4. The highest BCUT2D eigenvalue weighted by molar-refractivity contribution is 5.55. The molecule has 2 N–H and O–H groups in total. The van der Waals surface area contributed by atoms with Crippen LogP contribution in [0.4, 0.5) is 5.69 Å². The van der Waals surface area contributed by atoms with Crippen LogP contribution in [0.2, 0.25) is 0 Å². The summed E-state index contributed by atoms with van der Waals surface area (Å²) in [6.07, 6.45) is 0.840. The first-order valence-electron chi connectivity index (χ1n) is 7.28. The number of benzene rings is 1. The van der Waals surface area contributed by atoms with Gasteiger partial charge in [-0.25, -0.2) is 0 Å². The molecule has 1 heterocycles. The highest BCUT2D eigenvalue weighted by Crippen LogP contribution is 2.29. The molecule has 2 rings (SSSR count). The van der Waals surface area contributed by atoms with Gasteiger partial charge in [-0.2, -0.15) is 0 Å². The van der Waals surface area contributed by atoms with E-state index in [-0.39, 0.29) is 0 Å². The lowest BCUT2D eigenvalue weighted by atomic mass is 10.1. The van der Waals surface area contributed by atoms with E-state index in [9.17, 15) is 5.11 Å². The predicted molar refractivity (Wildman–Crippen MR) is 82.2 cm³/mol. The van der Waals surface area contributed by atoms with E-state index in [0.29, 0.717) is 0 Å². The number of anilines is 1.